The van der Waals surface area contributed by atoms with Gasteiger partial charge in [-0.3, -0.25) is 20.4 Å². The Morgan fingerprint density at radius 3 is 2.36 bits per heavy atom. The molecule has 0 aromatic heterocycles. The molecule has 0 bridgehead atoms. The molecule has 132 valence electrons. The van der Waals surface area contributed by atoms with Gasteiger partial charge in [0, 0.05) is 0 Å². The molecule has 0 radical (unpaired) electrons. The van der Waals surface area contributed by atoms with E-state index in [1.165, 1.54) is 25.1 Å². The molecule has 0 fully saturated rings. The van der Waals surface area contributed by atoms with Gasteiger partial charge < -0.3 is 9.47 Å². The first-order valence-corrected chi connectivity index (χ1v) is 7.76. The normalized spacial score (nSPS) is 11.3. The Morgan fingerprint density at radius 1 is 1.04 bits per heavy atom. The third kappa shape index (κ3) is 4.94. The van der Waals surface area contributed by atoms with Gasteiger partial charge in [0.15, 0.2) is 17.7 Å². The number of para-hydroxylation sites is 2. The van der Waals surface area contributed by atoms with E-state index in [4.69, 9.17) is 9.47 Å². The van der Waals surface area contributed by atoms with Crippen molar-refractivity contribution in [3.8, 4) is 11.5 Å². The van der Waals surface area contributed by atoms with Crippen molar-refractivity contribution in [2.24, 2.45) is 0 Å². The minimum absolute atomic E-state index is 0.0434. The lowest BCUT2D eigenvalue weighted by Gasteiger charge is -2.16. The zero-order valence-corrected chi connectivity index (χ0v) is 13.9. The number of halogens is 1. The maximum absolute atomic E-state index is 13.5. The van der Waals surface area contributed by atoms with Crippen molar-refractivity contribution >= 4 is 11.8 Å². The molecule has 0 aliphatic carbocycles. The molecule has 2 aromatic rings. The van der Waals surface area contributed by atoms with Crippen LogP contribution in [0.2, 0.25) is 0 Å². The number of hydrazine groups is 1. The summed E-state index contributed by atoms with van der Waals surface area (Å²) in [6, 6.07) is 12.4. The van der Waals surface area contributed by atoms with Crippen molar-refractivity contribution in [3.05, 3.63) is 59.9 Å². The van der Waals surface area contributed by atoms with E-state index in [0.29, 0.717) is 12.4 Å². The molecule has 2 N–H and O–H groups in total. The molecular weight excluding hydrogens is 327 g/mol. The van der Waals surface area contributed by atoms with Crippen LogP contribution < -0.4 is 20.3 Å². The van der Waals surface area contributed by atoms with Crippen LogP contribution in [0.1, 0.15) is 24.2 Å². The van der Waals surface area contributed by atoms with E-state index in [-0.39, 0.29) is 11.3 Å². The van der Waals surface area contributed by atoms with Crippen LogP contribution in [0.3, 0.4) is 0 Å². The highest BCUT2D eigenvalue weighted by Crippen LogP contribution is 2.18. The average molecular weight is 346 g/mol. The quantitative estimate of drug-likeness (QED) is 0.788. The lowest BCUT2D eigenvalue weighted by atomic mass is 10.2. The molecule has 2 amide bonds. The van der Waals surface area contributed by atoms with Gasteiger partial charge in [-0.25, -0.2) is 4.39 Å². The van der Waals surface area contributed by atoms with Crippen molar-refractivity contribution in [1.29, 1.82) is 0 Å². The molecule has 25 heavy (non-hydrogen) atoms. The second kappa shape index (κ2) is 8.68. The Balaban J connectivity index is 1.93. The summed E-state index contributed by atoms with van der Waals surface area (Å²) >= 11 is 0. The number of benzene rings is 2. The molecule has 7 heteroatoms. The Hall–Kier alpha value is -3.09. The molecule has 1 unspecified atom stereocenters. The number of carbonyl (C=O) groups excluding carboxylic acids is 2. The predicted molar refractivity (Wildman–Crippen MR) is 89.7 cm³/mol. The summed E-state index contributed by atoms with van der Waals surface area (Å²) in [5, 5.41) is 0. The minimum Gasteiger partial charge on any atom is -0.493 e. The highest BCUT2D eigenvalue weighted by molar-refractivity contribution is 5.98. The van der Waals surface area contributed by atoms with Gasteiger partial charge in [0.2, 0.25) is 0 Å². The number of hydrogen-bond donors (Lipinski definition) is 2. The van der Waals surface area contributed by atoms with Gasteiger partial charge in [0.25, 0.3) is 11.8 Å². The van der Waals surface area contributed by atoms with E-state index in [0.717, 1.165) is 0 Å². The highest BCUT2D eigenvalue weighted by Gasteiger charge is 2.18. The number of rotatable bonds is 6. The monoisotopic (exact) mass is 346 g/mol. The SMILES string of the molecule is CCOc1ccccc1C(=O)NNC(=O)C(C)Oc1ccccc1F. The van der Waals surface area contributed by atoms with Crippen LogP contribution in [0.4, 0.5) is 4.39 Å². The van der Waals surface area contributed by atoms with Crippen LogP contribution in [-0.4, -0.2) is 24.5 Å². The van der Waals surface area contributed by atoms with Gasteiger partial charge in [-0.15, -0.1) is 0 Å². The first kappa shape index (κ1) is 18.3. The fourth-order valence-corrected chi connectivity index (χ4v) is 2.01. The first-order valence-electron chi connectivity index (χ1n) is 7.76. The molecule has 1 atom stereocenters. The number of amides is 2. The topological polar surface area (TPSA) is 76.7 Å². The molecule has 6 nitrogen and oxygen atoms in total. The third-order valence-corrected chi connectivity index (χ3v) is 3.24. The lowest BCUT2D eigenvalue weighted by molar-refractivity contribution is -0.128. The molecule has 2 rings (SSSR count). The van der Waals surface area contributed by atoms with Crippen molar-refractivity contribution in [2.75, 3.05) is 6.61 Å². The van der Waals surface area contributed by atoms with Gasteiger partial charge in [-0.1, -0.05) is 24.3 Å². The number of nitrogens with one attached hydrogen (secondary N) is 2. The maximum atomic E-state index is 13.5. The van der Waals surface area contributed by atoms with Gasteiger partial charge in [-0.2, -0.15) is 0 Å². The second-order valence-corrected chi connectivity index (χ2v) is 5.06. The third-order valence-electron chi connectivity index (χ3n) is 3.24. The van der Waals surface area contributed by atoms with Crippen molar-refractivity contribution in [1.82, 2.24) is 10.9 Å². The Labute approximate surface area is 144 Å². The summed E-state index contributed by atoms with van der Waals surface area (Å²) in [7, 11) is 0. The first-order chi connectivity index (χ1) is 12.0. The van der Waals surface area contributed by atoms with Crippen LogP contribution in [0.25, 0.3) is 0 Å². The molecule has 2 aromatic carbocycles. The van der Waals surface area contributed by atoms with Crippen molar-refractivity contribution in [2.45, 2.75) is 20.0 Å². The zero-order chi connectivity index (χ0) is 18.2. The van der Waals surface area contributed by atoms with E-state index in [2.05, 4.69) is 10.9 Å². The van der Waals surface area contributed by atoms with Crippen LogP contribution in [0.15, 0.2) is 48.5 Å². The van der Waals surface area contributed by atoms with Gasteiger partial charge >= 0.3 is 0 Å². The molecule has 0 aliphatic rings. The molecule has 0 aliphatic heterocycles. The molecule has 0 heterocycles. The second-order valence-electron chi connectivity index (χ2n) is 5.06. The summed E-state index contributed by atoms with van der Waals surface area (Å²) in [4.78, 5) is 24.2. The van der Waals surface area contributed by atoms with Crippen LogP contribution >= 0.6 is 0 Å². The smallest absolute Gasteiger partial charge is 0.279 e. The number of ether oxygens (including phenoxy) is 2. The van der Waals surface area contributed by atoms with E-state index in [1.807, 2.05) is 0 Å². The van der Waals surface area contributed by atoms with Crippen LogP contribution in [-0.2, 0) is 4.79 Å². The zero-order valence-electron chi connectivity index (χ0n) is 13.9. The average Bonchev–Trinajstić information content (AvgIpc) is 2.62. The van der Waals surface area contributed by atoms with Gasteiger partial charge in [-0.05, 0) is 38.1 Å². The minimum atomic E-state index is -1.00. The fourth-order valence-electron chi connectivity index (χ4n) is 2.01. The molecular formula is C18H19FN2O4. The standard InChI is InChI=1S/C18H19FN2O4/c1-3-24-15-10-6-4-8-13(15)18(23)21-20-17(22)12(2)25-16-11-7-5-9-14(16)19/h4-12H,3H2,1-2H3,(H,20,22)(H,21,23). The highest BCUT2D eigenvalue weighted by atomic mass is 19.1. The van der Waals surface area contributed by atoms with E-state index in [9.17, 15) is 14.0 Å². The van der Waals surface area contributed by atoms with Gasteiger partial charge in [0.1, 0.15) is 5.75 Å². The molecule has 0 saturated carbocycles. The molecule has 0 spiro atoms. The van der Waals surface area contributed by atoms with Crippen molar-refractivity contribution in [3.63, 3.8) is 0 Å². The van der Waals surface area contributed by atoms with Crippen LogP contribution in [0.5, 0.6) is 11.5 Å². The number of carbonyl (C=O) groups is 2. The Kier molecular flexibility index (Phi) is 6.33. The van der Waals surface area contributed by atoms with E-state index in [1.54, 1.807) is 37.3 Å². The van der Waals surface area contributed by atoms with E-state index < -0.39 is 23.7 Å². The van der Waals surface area contributed by atoms with Crippen LogP contribution in [0, 0.1) is 5.82 Å². The van der Waals surface area contributed by atoms with E-state index >= 15 is 0 Å². The summed E-state index contributed by atoms with van der Waals surface area (Å²) in [5.74, 6) is -1.36. The fraction of sp³-hybridized carbons (Fsp3) is 0.222. The van der Waals surface area contributed by atoms with Crippen molar-refractivity contribution < 1.29 is 23.5 Å². The summed E-state index contributed by atoms with van der Waals surface area (Å²) in [6.45, 7) is 3.66. The summed E-state index contributed by atoms with van der Waals surface area (Å²) in [6.07, 6.45) is -1.00. The van der Waals surface area contributed by atoms with Gasteiger partial charge in [0.05, 0.1) is 12.2 Å². The molecule has 0 saturated heterocycles. The Morgan fingerprint density at radius 2 is 1.68 bits per heavy atom. The summed E-state index contributed by atoms with van der Waals surface area (Å²) < 4.78 is 24.1. The number of hydrogen-bond acceptors (Lipinski definition) is 4. The largest absolute Gasteiger partial charge is 0.493 e. The maximum Gasteiger partial charge on any atom is 0.279 e. The lowest BCUT2D eigenvalue weighted by Crippen LogP contribution is -2.47. The summed E-state index contributed by atoms with van der Waals surface area (Å²) in [5.41, 5.74) is 4.82. The predicted octanol–water partition coefficient (Wildman–Crippen LogP) is 2.45. The Bertz CT molecular complexity index is 751.